The Morgan fingerprint density at radius 2 is 1.83 bits per heavy atom. The maximum absolute atomic E-state index is 13.3. The molecule has 0 aliphatic carbocycles. The smallest absolute Gasteiger partial charge is 0.416 e. The van der Waals surface area contributed by atoms with Crippen molar-refractivity contribution in [2.24, 2.45) is 0 Å². The Morgan fingerprint density at radius 3 is 2.46 bits per heavy atom. The summed E-state index contributed by atoms with van der Waals surface area (Å²) in [5.41, 5.74) is 0.761. The minimum absolute atomic E-state index is 0.117. The summed E-state index contributed by atoms with van der Waals surface area (Å²) in [5.74, 6) is 0.240. The van der Waals surface area contributed by atoms with Gasteiger partial charge < -0.3 is 15.2 Å². The molecule has 0 amide bonds. The van der Waals surface area contributed by atoms with Gasteiger partial charge in [0.15, 0.2) is 0 Å². The number of anilines is 1. The fraction of sp³-hybridized carbons (Fsp3) is 0.333. The number of nitrogens with one attached hydrogen (secondary N) is 1. The standard InChI is InChI=1S/C18H18F3NO2/c1-24-12-7-5-11(6-8-12)13-9-14-15(18(19,20)21)3-2-4-16(14)22-10-17(13)23/h2-8,13,17,22-23H,9-10H2,1H3/t13-,17-/m0/s1. The molecule has 1 aliphatic heterocycles. The van der Waals surface area contributed by atoms with Crippen LogP contribution in [0.3, 0.4) is 0 Å². The number of halogens is 3. The summed E-state index contributed by atoms with van der Waals surface area (Å²) in [6, 6.07) is 11.2. The fourth-order valence-electron chi connectivity index (χ4n) is 3.14. The summed E-state index contributed by atoms with van der Waals surface area (Å²) in [5, 5.41) is 13.4. The van der Waals surface area contributed by atoms with Crippen LogP contribution >= 0.6 is 0 Å². The summed E-state index contributed by atoms with van der Waals surface area (Å²) >= 11 is 0. The molecule has 0 aromatic heterocycles. The number of rotatable bonds is 2. The van der Waals surface area contributed by atoms with E-state index in [0.29, 0.717) is 11.4 Å². The number of hydrogen-bond acceptors (Lipinski definition) is 3. The van der Waals surface area contributed by atoms with Crippen molar-refractivity contribution in [3.63, 3.8) is 0 Å². The zero-order valence-corrected chi connectivity index (χ0v) is 13.1. The summed E-state index contributed by atoms with van der Waals surface area (Å²) in [4.78, 5) is 0. The van der Waals surface area contributed by atoms with Crippen LogP contribution in [0.15, 0.2) is 42.5 Å². The molecule has 0 fully saturated rings. The molecular weight excluding hydrogens is 319 g/mol. The summed E-state index contributed by atoms with van der Waals surface area (Å²) < 4.78 is 45.1. The molecule has 1 heterocycles. The molecule has 0 unspecified atom stereocenters. The van der Waals surface area contributed by atoms with Gasteiger partial charge in [0.05, 0.1) is 18.8 Å². The number of β-amino-alcohol motifs (C(OH)–C–C–N with tert-alkyl or cyclic N) is 1. The van der Waals surface area contributed by atoms with Gasteiger partial charge in [0.25, 0.3) is 0 Å². The number of aliphatic hydroxyl groups is 1. The van der Waals surface area contributed by atoms with Gasteiger partial charge in [-0.1, -0.05) is 18.2 Å². The molecule has 128 valence electrons. The topological polar surface area (TPSA) is 41.5 Å². The van der Waals surface area contributed by atoms with E-state index in [1.54, 1.807) is 37.4 Å². The second-order valence-electron chi connectivity index (χ2n) is 5.86. The van der Waals surface area contributed by atoms with E-state index in [0.717, 1.165) is 11.6 Å². The Hall–Kier alpha value is -2.21. The van der Waals surface area contributed by atoms with Crippen LogP contribution in [0, 0.1) is 0 Å². The normalized spacial score (nSPS) is 20.7. The lowest BCUT2D eigenvalue weighted by Crippen LogP contribution is -2.25. The Balaban J connectivity index is 2.01. The monoisotopic (exact) mass is 337 g/mol. The molecule has 3 nitrogen and oxygen atoms in total. The number of aliphatic hydroxyl groups excluding tert-OH is 1. The van der Waals surface area contributed by atoms with E-state index in [9.17, 15) is 18.3 Å². The molecule has 6 heteroatoms. The van der Waals surface area contributed by atoms with Crippen molar-refractivity contribution in [3.8, 4) is 5.75 Å². The molecule has 2 aromatic rings. The zero-order valence-electron chi connectivity index (χ0n) is 13.1. The van der Waals surface area contributed by atoms with Crippen molar-refractivity contribution < 1.29 is 23.0 Å². The van der Waals surface area contributed by atoms with E-state index in [1.165, 1.54) is 6.07 Å². The quantitative estimate of drug-likeness (QED) is 0.875. The molecule has 0 bridgehead atoms. The fourth-order valence-corrected chi connectivity index (χ4v) is 3.14. The van der Waals surface area contributed by atoms with Gasteiger partial charge in [0.2, 0.25) is 0 Å². The molecule has 0 spiro atoms. The SMILES string of the molecule is COc1ccc([C@@H]2Cc3c(cccc3C(F)(F)F)NC[C@@H]2O)cc1. The highest BCUT2D eigenvalue weighted by Crippen LogP contribution is 2.40. The largest absolute Gasteiger partial charge is 0.497 e. The van der Waals surface area contributed by atoms with Crippen molar-refractivity contribution >= 4 is 5.69 Å². The van der Waals surface area contributed by atoms with Crippen LogP contribution in [-0.2, 0) is 12.6 Å². The van der Waals surface area contributed by atoms with Gasteiger partial charge in [0, 0.05) is 18.2 Å². The van der Waals surface area contributed by atoms with Crippen molar-refractivity contribution in [1.29, 1.82) is 0 Å². The second kappa shape index (κ2) is 6.36. The molecule has 2 aromatic carbocycles. The van der Waals surface area contributed by atoms with E-state index in [4.69, 9.17) is 4.74 Å². The van der Waals surface area contributed by atoms with Gasteiger partial charge in [-0.15, -0.1) is 0 Å². The Kier molecular flexibility index (Phi) is 4.41. The second-order valence-corrected chi connectivity index (χ2v) is 5.86. The third kappa shape index (κ3) is 3.19. The van der Waals surface area contributed by atoms with Crippen LogP contribution in [-0.4, -0.2) is 24.9 Å². The van der Waals surface area contributed by atoms with Crippen LogP contribution in [0.4, 0.5) is 18.9 Å². The highest BCUT2D eigenvalue weighted by molar-refractivity contribution is 5.57. The molecule has 24 heavy (non-hydrogen) atoms. The van der Waals surface area contributed by atoms with E-state index < -0.39 is 23.8 Å². The Labute approximate surface area is 138 Å². The van der Waals surface area contributed by atoms with E-state index in [1.807, 2.05) is 0 Å². The molecule has 2 atom stereocenters. The van der Waals surface area contributed by atoms with Crippen molar-refractivity contribution in [2.45, 2.75) is 24.6 Å². The maximum Gasteiger partial charge on any atom is 0.416 e. The molecule has 3 rings (SSSR count). The van der Waals surface area contributed by atoms with Crippen LogP contribution in [0.25, 0.3) is 0 Å². The highest BCUT2D eigenvalue weighted by Gasteiger charge is 2.37. The zero-order chi connectivity index (χ0) is 17.3. The summed E-state index contributed by atoms with van der Waals surface area (Å²) in [7, 11) is 1.55. The molecular formula is C18H18F3NO2. The number of benzene rings is 2. The number of alkyl halides is 3. The van der Waals surface area contributed by atoms with Gasteiger partial charge in [-0.25, -0.2) is 0 Å². The van der Waals surface area contributed by atoms with E-state index in [2.05, 4.69) is 5.32 Å². The first kappa shape index (κ1) is 16.6. The van der Waals surface area contributed by atoms with Crippen molar-refractivity contribution in [1.82, 2.24) is 0 Å². The lowest BCUT2D eigenvalue weighted by molar-refractivity contribution is -0.138. The number of methoxy groups -OCH3 is 1. The van der Waals surface area contributed by atoms with Gasteiger partial charge in [-0.3, -0.25) is 0 Å². The predicted octanol–water partition coefficient (Wildman–Crippen LogP) is 3.83. The third-order valence-corrected chi connectivity index (χ3v) is 4.42. The average molecular weight is 337 g/mol. The van der Waals surface area contributed by atoms with E-state index >= 15 is 0 Å². The predicted molar refractivity (Wildman–Crippen MR) is 85.4 cm³/mol. The minimum atomic E-state index is -4.42. The molecule has 0 saturated carbocycles. The average Bonchev–Trinajstić information content (AvgIpc) is 2.73. The van der Waals surface area contributed by atoms with Gasteiger partial charge in [-0.2, -0.15) is 13.2 Å². The number of ether oxygens (including phenoxy) is 1. The minimum Gasteiger partial charge on any atom is -0.497 e. The molecule has 0 saturated heterocycles. The summed E-state index contributed by atoms with van der Waals surface area (Å²) in [6.45, 7) is 0.199. The van der Waals surface area contributed by atoms with Crippen molar-refractivity contribution in [2.75, 3.05) is 19.0 Å². The number of hydrogen-bond donors (Lipinski definition) is 2. The lowest BCUT2D eigenvalue weighted by atomic mass is 9.86. The van der Waals surface area contributed by atoms with Gasteiger partial charge in [0.1, 0.15) is 5.75 Å². The Bertz CT molecular complexity index is 713. The van der Waals surface area contributed by atoms with Crippen LogP contribution in [0.2, 0.25) is 0 Å². The van der Waals surface area contributed by atoms with Crippen LogP contribution in [0.5, 0.6) is 5.75 Å². The summed E-state index contributed by atoms with van der Waals surface area (Å²) in [6.07, 6.45) is -5.09. The van der Waals surface area contributed by atoms with Crippen LogP contribution in [0.1, 0.15) is 22.6 Å². The first-order valence-electron chi connectivity index (χ1n) is 7.65. The van der Waals surface area contributed by atoms with Crippen LogP contribution < -0.4 is 10.1 Å². The third-order valence-electron chi connectivity index (χ3n) is 4.42. The first-order valence-corrected chi connectivity index (χ1v) is 7.65. The molecule has 1 aliphatic rings. The van der Waals surface area contributed by atoms with Gasteiger partial charge >= 0.3 is 6.18 Å². The van der Waals surface area contributed by atoms with Gasteiger partial charge in [-0.05, 0) is 41.8 Å². The maximum atomic E-state index is 13.3. The Morgan fingerprint density at radius 1 is 1.12 bits per heavy atom. The first-order chi connectivity index (χ1) is 11.4. The number of fused-ring (bicyclic) bond motifs is 1. The lowest BCUT2D eigenvalue weighted by Gasteiger charge is -2.22. The molecule has 2 N–H and O–H groups in total. The highest BCUT2D eigenvalue weighted by atomic mass is 19.4. The van der Waals surface area contributed by atoms with E-state index in [-0.39, 0.29) is 18.5 Å². The van der Waals surface area contributed by atoms with Crippen molar-refractivity contribution in [3.05, 3.63) is 59.2 Å². The molecule has 0 radical (unpaired) electrons.